The van der Waals surface area contributed by atoms with Gasteiger partial charge in [-0.2, -0.15) is 4.89 Å². The van der Waals surface area contributed by atoms with Gasteiger partial charge in [-0.25, -0.2) is 4.79 Å². The Morgan fingerprint density at radius 3 is 2.45 bits per heavy atom. The van der Waals surface area contributed by atoms with Crippen LogP contribution in [-0.4, -0.2) is 27.9 Å². The quantitative estimate of drug-likeness (QED) is 0.620. The topological polar surface area (TPSA) is 76.0 Å². The van der Waals surface area contributed by atoms with Crippen LogP contribution in [-0.2, 0) is 4.89 Å². The van der Waals surface area contributed by atoms with Crippen LogP contribution >= 0.6 is 0 Å². The van der Waals surface area contributed by atoms with E-state index in [1.807, 2.05) is 6.92 Å². The van der Waals surface area contributed by atoms with Gasteiger partial charge in [0.05, 0.1) is 11.7 Å². The molecule has 0 fully saturated rings. The largest absolute Gasteiger partial charge is 0.478 e. The van der Waals surface area contributed by atoms with E-state index < -0.39 is 17.7 Å². The summed E-state index contributed by atoms with van der Waals surface area (Å²) in [6.45, 7) is 8.76. The van der Waals surface area contributed by atoms with Crippen molar-refractivity contribution in [2.24, 2.45) is 0 Å². The molecule has 1 rings (SSSR count). The van der Waals surface area contributed by atoms with Crippen LogP contribution in [0.4, 0.5) is 0 Å². The molecule has 0 amide bonds. The highest BCUT2D eigenvalue weighted by Crippen LogP contribution is 2.28. The normalized spacial score (nSPS) is 13.1. The van der Waals surface area contributed by atoms with Gasteiger partial charge < -0.3 is 15.1 Å². The average Bonchev–Trinajstić information content (AvgIpc) is 2.25. The molecule has 2 N–H and O–H groups in total. The number of hydrogen-bond acceptors (Lipinski definition) is 4. The number of aryl methyl sites for hydroxylation is 1. The van der Waals surface area contributed by atoms with Gasteiger partial charge in [0, 0.05) is 12.0 Å². The van der Waals surface area contributed by atoms with E-state index in [1.54, 1.807) is 39.8 Å². The van der Waals surface area contributed by atoms with Gasteiger partial charge in [0.25, 0.3) is 0 Å². The molecule has 0 aromatic heterocycles. The molecule has 5 heteroatoms. The van der Waals surface area contributed by atoms with Crippen molar-refractivity contribution in [3.05, 3.63) is 28.8 Å². The second-order valence-corrected chi connectivity index (χ2v) is 5.67. The molecule has 0 radical (unpaired) electrons. The number of aliphatic hydroxyl groups excluding tert-OH is 1. The summed E-state index contributed by atoms with van der Waals surface area (Å²) >= 11 is 0. The zero-order chi connectivity index (χ0) is 15.5. The van der Waals surface area contributed by atoms with Gasteiger partial charge in [0.1, 0.15) is 5.60 Å². The Morgan fingerprint density at radius 1 is 1.35 bits per heavy atom. The number of carboxylic acid groups (broad SMARTS) is 1. The van der Waals surface area contributed by atoms with E-state index in [1.165, 1.54) is 0 Å². The summed E-state index contributed by atoms with van der Waals surface area (Å²) < 4.78 is 0. The maximum atomic E-state index is 11.1. The molecule has 112 valence electrons. The van der Waals surface area contributed by atoms with Crippen molar-refractivity contribution in [2.75, 3.05) is 0 Å². The molecule has 1 aromatic carbocycles. The van der Waals surface area contributed by atoms with Gasteiger partial charge in [0.2, 0.25) is 0 Å². The molecule has 0 saturated heterocycles. The van der Waals surface area contributed by atoms with Gasteiger partial charge in [-0.05, 0) is 46.2 Å². The highest BCUT2D eigenvalue weighted by Gasteiger charge is 2.24. The van der Waals surface area contributed by atoms with E-state index in [9.17, 15) is 9.90 Å². The molecule has 1 unspecified atom stereocenters. The molecular formula is C15H22O5. The number of carbonyl (C=O) groups is 1. The van der Waals surface area contributed by atoms with Crippen molar-refractivity contribution in [3.8, 4) is 5.75 Å². The molecule has 0 aliphatic rings. The number of hydrogen-bond donors (Lipinski definition) is 2. The lowest BCUT2D eigenvalue weighted by Crippen LogP contribution is -2.30. The average molecular weight is 282 g/mol. The first kappa shape index (κ1) is 16.5. The lowest BCUT2D eigenvalue weighted by Gasteiger charge is -2.25. The molecule has 0 aliphatic heterocycles. The number of aromatic carboxylic acids is 1. The van der Waals surface area contributed by atoms with Gasteiger partial charge in [-0.1, -0.05) is 6.07 Å². The van der Waals surface area contributed by atoms with Crippen LogP contribution in [0.15, 0.2) is 12.1 Å². The number of benzene rings is 1. The van der Waals surface area contributed by atoms with Crippen molar-refractivity contribution < 1.29 is 24.8 Å². The number of aliphatic hydroxyl groups is 1. The Morgan fingerprint density at radius 2 is 1.95 bits per heavy atom. The van der Waals surface area contributed by atoms with Gasteiger partial charge in [0.15, 0.2) is 5.75 Å². The predicted molar refractivity (Wildman–Crippen MR) is 75.0 cm³/mol. The number of carboxylic acids is 1. The summed E-state index contributed by atoms with van der Waals surface area (Å²) in [5.41, 5.74) is 0.819. The van der Waals surface area contributed by atoms with Crippen LogP contribution in [0, 0.1) is 13.8 Å². The van der Waals surface area contributed by atoms with Gasteiger partial charge >= 0.3 is 5.97 Å². The first-order valence-electron chi connectivity index (χ1n) is 6.51. The molecule has 0 saturated carbocycles. The Labute approximate surface area is 119 Å². The van der Waals surface area contributed by atoms with Crippen molar-refractivity contribution in [3.63, 3.8) is 0 Å². The lowest BCUT2D eigenvalue weighted by molar-refractivity contribution is -0.287. The third-order valence-electron chi connectivity index (χ3n) is 2.97. The highest BCUT2D eigenvalue weighted by molar-refractivity contribution is 5.90. The van der Waals surface area contributed by atoms with E-state index in [0.717, 1.165) is 5.56 Å². The Balaban J connectivity index is 2.93. The van der Waals surface area contributed by atoms with Crippen molar-refractivity contribution in [1.29, 1.82) is 0 Å². The van der Waals surface area contributed by atoms with E-state index in [0.29, 0.717) is 17.7 Å². The zero-order valence-electron chi connectivity index (χ0n) is 12.6. The smallest absolute Gasteiger partial charge is 0.336 e. The summed E-state index contributed by atoms with van der Waals surface area (Å²) in [5.74, 6) is -0.598. The van der Waals surface area contributed by atoms with Gasteiger partial charge in [-0.15, -0.1) is 0 Å². The van der Waals surface area contributed by atoms with Crippen molar-refractivity contribution >= 4 is 5.97 Å². The maximum Gasteiger partial charge on any atom is 0.336 e. The highest BCUT2D eigenvalue weighted by atomic mass is 17.2. The fraction of sp³-hybridized carbons (Fsp3) is 0.533. The van der Waals surface area contributed by atoms with Crippen LogP contribution in [0.2, 0.25) is 0 Å². The van der Waals surface area contributed by atoms with Crippen molar-refractivity contribution in [1.82, 2.24) is 0 Å². The summed E-state index contributed by atoms with van der Waals surface area (Å²) in [4.78, 5) is 21.8. The van der Waals surface area contributed by atoms with Crippen LogP contribution in [0.5, 0.6) is 5.75 Å². The molecular weight excluding hydrogens is 260 g/mol. The fourth-order valence-corrected chi connectivity index (χ4v) is 2.09. The molecule has 0 aliphatic carbocycles. The summed E-state index contributed by atoms with van der Waals surface area (Å²) in [7, 11) is 0. The second kappa shape index (κ2) is 6.24. The van der Waals surface area contributed by atoms with Crippen LogP contribution in [0.25, 0.3) is 0 Å². The van der Waals surface area contributed by atoms with Gasteiger partial charge in [-0.3, -0.25) is 0 Å². The molecule has 0 spiro atoms. The molecule has 1 atom stereocenters. The molecule has 0 heterocycles. The van der Waals surface area contributed by atoms with Crippen LogP contribution in [0.3, 0.4) is 0 Å². The Bertz CT molecular complexity index is 491. The molecule has 1 aromatic rings. The Kier molecular flexibility index (Phi) is 5.14. The van der Waals surface area contributed by atoms with E-state index >= 15 is 0 Å². The minimum Gasteiger partial charge on any atom is -0.478 e. The second-order valence-electron chi connectivity index (χ2n) is 5.67. The van der Waals surface area contributed by atoms with E-state index in [2.05, 4.69) is 0 Å². The minimum atomic E-state index is -1.00. The van der Waals surface area contributed by atoms with Crippen LogP contribution in [0.1, 0.15) is 48.7 Å². The SMILES string of the molecule is Cc1ccc(C(=O)O)c(C)c1OOC(C)(C)CC(C)O. The molecule has 0 bridgehead atoms. The fourth-order valence-electron chi connectivity index (χ4n) is 2.09. The number of rotatable bonds is 6. The minimum absolute atomic E-state index is 0.183. The molecule has 5 nitrogen and oxygen atoms in total. The molecule has 20 heavy (non-hydrogen) atoms. The summed E-state index contributed by atoms with van der Waals surface area (Å²) in [6.07, 6.45) is -0.106. The first-order valence-corrected chi connectivity index (χ1v) is 6.51. The lowest BCUT2D eigenvalue weighted by atomic mass is 10.0. The third kappa shape index (κ3) is 4.21. The standard InChI is InChI=1S/C15H22O5/c1-9-6-7-12(14(17)18)11(3)13(9)19-20-15(4,5)8-10(2)16/h6-7,10,16H,8H2,1-5H3,(H,17,18). The third-order valence-corrected chi connectivity index (χ3v) is 2.97. The zero-order valence-corrected chi connectivity index (χ0v) is 12.6. The van der Waals surface area contributed by atoms with Crippen LogP contribution < -0.4 is 4.89 Å². The van der Waals surface area contributed by atoms with Crippen molar-refractivity contribution in [2.45, 2.75) is 52.7 Å². The predicted octanol–water partition coefficient (Wildman–Crippen LogP) is 2.86. The Hall–Kier alpha value is -1.59. The summed E-state index contributed by atoms with van der Waals surface area (Å²) in [6, 6.07) is 3.22. The summed E-state index contributed by atoms with van der Waals surface area (Å²) in [5, 5.41) is 18.5. The first-order chi connectivity index (χ1) is 9.14. The maximum absolute atomic E-state index is 11.1. The van der Waals surface area contributed by atoms with E-state index in [-0.39, 0.29) is 5.56 Å². The van der Waals surface area contributed by atoms with E-state index in [4.69, 9.17) is 14.9 Å². The monoisotopic (exact) mass is 282 g/mol.